The van der Waals surface area contributed by atoms with E-state index >= 15 is 0 Å². The lowest BCUT2D eigenvalue weighted by Crippen LogP contribution is -2.36. The maximum absolute atomic E-state index is 12.7. The van der Waals surface area contributed by atoms with Crippen LogP contribution >= 0.6 is 0 Å². The summed E-state index contributed by atoms with van der Waals surface area (Å²) in [5.41, 5.74) is 0. The van der Waals surface area contributed by atoms with Crippen LogP contribution in [0.15, 0.2) is 24.3 Å². The Kier molecular flexibility index (Phi) is 6.49. The third kappa shape index (κ3) is 6.17. The van der Waals surface area contributed by atoms with Gasteiger partial charge >= 0.3 is 5.97 Å². The molecule has 0 radical (unpaired) electrons. The standard InChI is InChI=1S/C14H18FNO4/c1-10(20-12-7-5-11(15)6-8-12)14(19)16-9-3-2-4-13(17)18/h5-8,10H,2-4,9H2,1H3,(H,16,19)(H,17,18). The van der Waals surface area contributed by atoms with Gasteiger partial charge in [0.15, 0.2) is 6.10 Å². The number of unbranched alkanes of at least 4 members (excludes halogenated alkanes) is 1. The average Bonchev–Trinajstić information content (AvgIpc) is 2.40. The Balaban J connectivity index is 2.25. The highest BCUT2D eigenvalue weighted by Gasteiger charge is 2.13. The number of hydrogen-bond donors (Lipinski definition) is 2. The fourth-order valence-electron chi connectivity index (χ4n) is 1.53. The molecule has 6 heteroatoms. The van der Waals surface area contributed by atoms with Gasteiger partial charge in [0.25, 0.3) is 5.91 Å². The molecule has 1 atom stereocenters. The zero-order valence-corrected chi connectivity index (χ0v) is 11.3. The Morgan fingerprint density at radius 1 is 1.30 bits per heavy atom. The minimum atomic E-state index is -0.843. The minimum absolute atomic E-state index is 0.0947. The van der Waals surface area contributed by atoms with Crippen LogP contribution in [0.3, 0.4) is 0 Å². The molecule has 0 heterocycles. The summed E-state index contributed by atoms with van der Waals surface area (Å²) >= 11 is 0. The second-order valence-corrected chi connectivity index (χ2v) is 4.36. The van der Waals surface area contributed by atoms with Crippen LogP contribution in [0.25, 0.3) is 0 Å². The van der Waals surface area contributed by atoms with Crippen LogP contribution in [0.1, 0.15) is 26.2 Å². The molecule has 1 aromatic rings. The Morgan fingerprint density at radius 3 is 2.55 bits per heavy atom. The molecule has 20 heavy (non-hydrogen) atoms. The quantitative estimate of drug-likeness (QED) is 0.715. The lowest BCUT2D eigenvalue weighted by atomic mass is 10.2. The Hall–Kier alpha value is -2.11. The first-order valence-electron chi connectivity index (χ1n) is 6.41. The molecule has 0 aliphatic rings. The van der Waals surface area contributed by atoms with Crippen LogP contribution in [-0.4, -0.2) is 29.6 Å². The second kappa shape index (κ2) is 8.14. The molecule has 0 bridgehead atoms. The SMILES string of the molecule is CC(Oc1ccc(F)cc1)C(=O)NCCCCC(=O)O. The highest BCUT2D eigenvalue weighted by molar-refractivity contribution is 5.80. The molecule has 0 spiro atoms. The zero-order chi connectivity index (χ0) is 15.0. The Bertz CT molecular complexity index is 447. The van der Waals surface area contributed by atoms with Crippen molar-refractivity contribution in [1.29, 1.82) is 0 Å². The van der Waals surface area contributed by atoms with Gasteiger partial charge in [-0.25, -0.2) is 4.39 Å². The van der Waals surface area contributed by atoms with Crippen LogP contribution < -0.4 is 10.1 Å². The predicted octanol–water partition coefficient (Wildman–Crippen LogP) is 1.96. The number of rotatable bonds is 8. The number of aliphatic carboxylic acids is 1. The van der Waals surface area contributed by atoms with Crippen molar-refractivity contribution in [2.75, 3.05) is 6.54 Å². The first-order chi connectivity index (χ1) is 9.49. The Labute approximate surface area is 116 Å². The molecule has 1 aromatic carbocycles. The number of carboxylic acid groups (broad SMARTS) is 1. The fraction of sp³-hybridized carbons (Fsp3) is 0.429. The fourth-order valence-corrected chi connectivity index (χ4v) is 1.53. The highest BCUT2D eigenvalue weighted by Crippen LogP contribution is 2.12. The van der Waals surface area contributed by atoms with E-state index in [1.54, 1.807) is 6.92 Å². The van der Waals surface area contributed by atoms with Gasteiger partial charge in [-0.15, -0.1) is 0 Å². The van der Waals surface area contributed by atoms with Crippen LogP contribution in [-0.2, 0) is 9.59 Å². The number of carbonyl (C=O) groups excluding carboxylic acids is 1. The summed E-state index contributed by atoms with van der Waals surface area (Å²) in [5.74, 6) is -1.08. The van der Waals surface area contributed by atoms with E-state index in [0.29, 0.717) is 25.1 Å². The lowest BCUT2D eigenvalue weighted by Gasteiger charge is -2.14. The van der Waals surface area contributed by atoms with Gasteiger partial charge in [-0.2, -0.15) is 0 Å². The van der Waals surface area contributed by atoms with Gasteiger partial charge in [0.05, 0.1) is 0 Å². The van der Waals surface area contributed by atoms with E-state index in [2.05, 4.69) is 5.32 Å². The number of hydrogen-bond acceptors (Lipinski definition) is 3. The van der Waals surface area contributed by atoms with Gasteiger partial charge in [-0.3, -0.25) is 9.59 Å². The largest absolute Gasteiger partial charge is 0.481 e. The number of ether oxygens (including phenoxy) is 1. The third-order valence-electron chi connectivity index (χ3n) is 2.61. The topological polar surface area (TPSA) is 75.6 Å². The summed E-state index contributed by atoms with van der Waals surface area (Å²) in [6, 6.07) is 5.41. The molecule has 1 unspecified atom stereocenters. The average molecular weight is 283 g/mol. The number of nitrogens with one attached hydrogen (secondary N) is 1. The minimum Gasteiger partial charge on any atom is -0.481 e. The lowest BCUT2D eigenvalue weighted by molar-refractivity contribution is -0.137. The van der Waals surface area contributed by atoms with E-state index < -0.39 is 12.1 Å². The predicted molar refractivity (Wildman–Crippen MR) is 71.0 cm³/mol. The first-order valence-corrected chi connectivity index (χ1v) is 6.41. The van der Waals surface area contributed by atoms with Crippen molar-refractivity contribution in [1.82, 2.24) is 5.32 Å². The van der Waals surface area contributed by atoms with Crippen LogP contribution in [0.2, 0.25) is 0 Å². The molecule has 0 aliphatic carbocycles. The van der Waals surface area contributed by atoms with Crippen LogP contribution in [0.5, 0.6) is 5.75 Å². The van der Waals surface area contributed by atoms with Crippen molar-refractivity contribution < 1.29 is 23.8 Å². The molecule has 2 N–H and O–H groups in total. The van der Waals surface area contributed by atoms with Crippen molar-refractivity contribution >= 4 is 11.9 Å². The number of halogens is 1. The van der Waals surface area contributed by atoms with Gasteiger partial charge in [0.1, 0.15) is 11.6 Å². The smallest absolute Gasteiger partial charge is 0.303 e. The van der Waals surface area contributed by atoms with E-state index in [1.165, 1.54) is 24.3 Å². The molecule has 0 saturated heterocycles. The van der Waals surface area contributed by atoms with E-state index in [-0.39, 0.29) is 18.1 Å². The monoisotopic (exact) mass is 283 g/mol. The molecular formula is C14H18FNO4. The van der Waals surface area contributed by atoms with Gasteiger partial charge in [-0.05, 0) is 44.0 Å². The molecule has 110 valence electrons. The summed E-state index contributed by atoms with van der Waals surface area (Å²) in [4.78, 5) is 22.0. The molecule has 0 saturated carbocycles. The molecule has 0 aliphatic heterocycles. The van der Waals surface area contributed by atoms with Crippen LogP contribution in [0, 0.1) is 5.82 Å². The van der Waals surface area contributed by atoms with Crippen LogP contribution in [0.4, 0.5) is 4.39 Å². The molecule has 1 amide bonds. The molecule has 0 fully saturated rings. The van der Waals surface area contributed by atoms with Crippen molar-refractivity contribution in [2.45, 2.75) is 32.3 Å². The summed E-state index contributed by atoms with van der Waals surface area (Å²) in [6.07, 6.45) is 0.515. The van der Waals surface area contributed by atoms with Crippen molar-refractivity contribution in [3.8, 4) is 5.75 Å². The second-order valence-electron chi connectivity index (χ2n) is 4.36. The zero-order valence-electron chi connectivity index (χ0n) is 11.3. The van der Waals surface area contributed by atoms with Crippen molar-refractivity contribution in [2.24, 2.45) is 0 Å². The first kappa shape index (κ1) is 15.9. The molecule has 5 nitrogen and oxygen atoms in total. The van der Waals surface area contributed by atoms with Gasteiger partial charge < -0.3 is 15.2 Å². The summed E-state index contributed by atoms with van der Waals surface area (Å²) in [6.45, 7) is 2.00. The maximum Gasteiger partial charge on any atom is 0.303 e. The van der Waals surface area contributed by atoms with E-state index in [0.717, 1.165) is 0 Å². The number of benzene rings is 1. The number of carboxylic acids is 1. The molecular weight excluding hydrogens is 265 g/mol. The van der Waals surface area contributed by atoms with Crippen molar-refractivity contribution in [3.63, 3.8) is 0 Å². The third-order valence-corrected chi connectivity index (χ3v) is 2.61. The van der Waals surface area contributed by atoms with Gasteiger partial charge in [-0.1, -0.05) is 0 Å². The summed E-state index contributed by atoms with van der Waals surface area (Å²) < 4.78 is 18.1. The highest BCUT2D eigenvalue weighted by atomic mass is 19.1. The molecule has 0 aromatic heterocycles. The summed E-state index contributed by atoms with van der Waals surface area (Å²) in [7, 11) is 0. The molecule has 1 rings (SSSR count). The van der Waals surface area contributed by atoms with E-state index in [1.807, 2.05) is 0 Å². The van der Waals surface area contributed by atoms with Gasteiger partial charge in [0, 0.05) is 13.0 Å². The summed E-state index contributed by atoms with van der Waals surface area (Å²) in [5, 5.41) is 11.1. The van der Waals surface area contributed by atoms with Gasteiger partial charge in [0.2, 0.25) is 0 Å². The van der Waals surface area contributed by atoms with E-state index in [4.69, 9.17) is 9.84 Å². The van der Waals surface area contributed by atoms with E-state index in [9.17, 15) is 14.0 Å². The normalized spacial score (nSPS) is 11.7. The number of carbonyl (C=O) groups is 2. The Morgan fingerprint density at radius 2 is 1.95 bits per heavy atom. The maximum atomic E-state index is 12.7. The van der Waals surface area contributed by atoms with Crippen molar-refractivity contribution in [3.05, 3.63) is 30.1 Å². The number of amides is 1.